The van der Waals surface area contributed by atoms with Gasteiger partial charge >= 0.3 is 0 Å². The van der Waals surface area contributed by atoms with Crippen molar-refractivity contribution in [2.45, 2.75) is 32.4 Å². The number of halogens is 2. The van der Waals surface area contributed by atoms with Gasteiger partial charge in [0.05, 0.1) is 23.5 Å². The molecule has 4 aromatic rings. The SMILES string of the molecule is Cc1cc([C@@H]2[C@@H](c3ccccn3)NC(=S)N2CCC(=O)Nc2ccccc2F)c(C)n1-c1ccc(Cl)cc1. The van der Waals surface area contributed by atoms with E-state index < -0.39 is 5.82 Å². The fraction of sp³-hybridized carbons (Fsp3) is 0.207. The van der Waals surface area contributed by atoms with E-state index >= 15 is 0 Å². The van der Waals surface area contributed by atoms with Crippen LogP contribution in [-0.4, -0.2) is 32.0 Å². The van der Waals surface area contributed by atoms with Gasteiger partial charge in [0.2, 0.25) is 5.91 Å². The summed E-state index contributed by atoms with van der Waals surface area (Å²) in [5.41, 5.74) is 5.23. The first-order chi connectivity index (χ1) is 18.3. The molecule has 2 aromatic carbocycles. The second-order valence-electron chi connectivity index (χ2n) is 9.24. The van der Waals surface area contributed by atoms with Gasteiger partial charge in [-0.1, -0.05) is 29.8 Å². The van der Waals surface area contributed by atoms with E-state index in [0.717, 1.165) is 28.3 Å². The minimum atomic E-state index is -0.470. The van der Waals surface area contributed by atoms with Crippen LogP contribution in [0.15, 0.2) is 79.0 Å². The highest BCUT2D eigenvalue weighted by molar-refractivity contribution is 7.80. The van der Waals surface area contributed by atoms with Gasteiger partial charge in [0, 0.05) is 41.3 Å². The Balaban J connectivity index is 1.47. The summed E-state index contributed by atoms with van der Waals surface area (Å²) in [4.78, 5) is 19.4. The van der Waals surface area contributed by atoms with Crippen molar-refractivity contribution < 1.29 is 9.18 Å². The van der Waals surface area contributed by atoms with Crippen LogP contribution in [-0.2, 0) is 4.79 Å². The van der Waals surface area contributed by atoms with Crippen molar-refractivity contribution in [3.8, 4) is 5.69 Å². The minimum absolute atomic E-state index is 0.136. The van der Waals surface area contributed by atoms with E-state index in [0.29, 0.717) is 16.7 Å². The lowest BCUT2D eigenvalue weighted by atomic mass is 9.96. The highest BCUT2D eigenvalue weighted by Crippen LogP contribution is 2.41. The van der Waals surface area contributed by atoms with Gasteiger partial charge in [-0.3, -0.25) is 9.78 Å². The summed E-state index contributed by atoms with van der Waals surface area (Å²) in [6.07, 6.45) is 1.90. The largest absolute Gasteiger partial charge is 0.352 e. The first-order valence-electron chi connectivity index (χ1n) is 12.3. The molecule has 2 atom stereocenters. The maximum absolute atomic E-state index is 14.0. The molecule has 5 rings (SSSR count). The summed E-state index contributed by atoms with van der Waals surface area (Å²) in [5, 5.41) is 7.32. The van der Waals surface area contributed by atoms with Crippen molar-refractivity contribution in [3.63, 3.8) is 0 Å². The molecule has 1 aliphatic heterocycles. The van der Waals surface area contributed by atoms with E-state index in [2.05, 4.69) is 40.1 Å². The summed E-state index contributed by atoms with van der Waals surface area (Å²) in [6, 6.07) is 21.4. The summed E-state index contributed by atoms with van der Waals surface area (Å²) in [5.74, 6) is -0.758. The van der Waals surface area contributed by atoms with Crippen molar-refractivity contribution in [1.82, 2.24) is 19.8 Å². The number of aromatic nitrogens is 2. The predicted octanol–water partition coefficient (Wildman–Crippen LogP) is 6.28. The second-order valence-corrected chi connectivity index (χ2v) is 10.1. The number of rotatable bonds is 7. The Morgan fingerprint density at radius 3 is 2.55 bits per heavy atom. The normalized spacial score (nSPS) is 16.9. The van der Waals surface area contributed by atoms with Gasteiger partial charge in [0.25, 0.3) is 0 Å². The number of aryl methyl sites for hydroxylation is 1. The van der Waals surface area contributed by atoms with Crippen LogP contribution in [0.4, 0.5) is 10.1 Å². The third-order valence-corrected chi connectivity index (χ3v) is 7.40. The Morgan fingerprint density at radius 2 is 1.84 bits per heavy atom. The molecule has 6 nitrogen and oxygen atoms in total. The van der Waals surface area contributed by atoms with Crippen molar-refractivity contribution in [1.29, 1.82) is 0 Å². The summed E-state index contributed by atoms with van der Waals surface area (Å²) in [7, 11) is 0. The number of carbonyl (C=O) groups is 1. The quantitative estimate of drug-likeness (QED) is 0.267. The Morgan fingerprint density at radius 1 is 1.11 bits per heavy atom. The Hall–Kier alpha value is -3.75. The van der Waals surface area contributed by atoms with Crippen molar-refractivity contribution >= 4 is 40.5 Å². The van der Waals surface area contributed by atoms with Gasteiger partial charge < -0.3 is 20.1 Å². The number of amides is 1. The fourth-order valence-corrected chi connectivity index (χ4v) is 5.51. The van der Waals surface area contributed by atoms with Gasteiger partial charge in [-0.25, -0.2) is 4.39 Å². The van der Waals surface area contributed by atoms with Crippen LogP contribution in [0.3, 0.4) is 0 Å². The van der Waals surface area contributed by atoms with Gasteiger partial charge in [0.15, 0.2) is 5.11 Å². The van der Waals surface area contributed by atoms with Gasteiger partial charge in [-0.05, 0) is 86.2 Å². The van der Waals surface area contributed by atoms with Crippen molar-refractivity contribution in [2.75, 3.05) is 11.9 Å². The number of thiocarbonyl (C=S) groups is 1. The van der Waals surface area contributed by atoms with E-state index in [4.69, 9.17) is 23.8 Å². The number of benzene rings is 2. The summed E-state index contributed by atoms with van der Waals surface area (Å²) < 4.78 is 16.2. The molecular formula is C29H27ClFN5OS. The molecular weight excluding hydrogens is 521 g/mol. The van der Waals surface area contributed by atoms with Crippen LogP contribution in [0.2, 0.25) is 5.02 Å². The molecule has 2 N–H and O–H groups in total. The monoisotopic (exact) mass is 547 g/mol. The lowest BCUT2D eigenvalue weighted by molar-refractivity contribution is -0.116. The lowest BCUT2D eigenvalue weighted by Gasteiger charge is -2.28. The molecule has 1 fully saturated rings. The number of pyridine rings is 1. The maximum Gasteiger partial charge on any atom is 0.226 e. The third kappa shape index (κ3) is 5.14. The highest BCUT2D eigenvalue weighted by Gasteiger charge is 2.41. The topological polar surface area (TPSA) is 62.2 Å². The van der Waals surface area contributed by atoms with Gasteiger partial charge in [-0.2, -0.15) is 0 Å². The van der Waals surface area contributed by atoms with Crippen LogP contribution in [0, 0.1) is 19.7 Å². The standard InChI is InChI=1S/C29H27ClFN5OS/c1-18-17-22(19(2)36(18)21-12-10-20(30)11-13-21)28-27(25-9-5-6-15-32-25)34-29(38)35(28)16-14-26(37)33-24-8-4-3-7-23(24)31/h3-13,15,17,27-28H,14,16H2,1-2H3,(H,33,37)(H,34,38)/t27-,28-/m1/s1. The average Bonchev–Trinajstić information content (AvgIpc) is 3.39. The average molecular weight is 548 g/mol. The molecule has 0 aliphatic carbocycles. The van der Waals surface area contributed by atoms with Crippen LogP contribution < -0.4 is 10.6 Å². The molecule has 0 spiro atoms. The number of anilines is 1. The highest BCUT2D eigenvalue weighted by atomic mass is 35.5. The molecule has 2 aromatic heterocycles. The number of para-hydroxylation sites is 1. The molecule has 0 saturated carbocycles. The molecule has 1 aliphatic rings. The molecule has 0 unspecified atom stereocenters. The molecule has 3 heterocycles. The molecule has 0 radical (unpaired) electrons. The van der Waals surface area contributed by atoms with Crippen molar-refractivity contribution in [3.05, 3.63) is 112 Å². The maximum atomic E-state index is 14.0. The summed E-state index contributed by atoms with van der Waals surface area (Å²) >= 11 is 11.9. The zero-order valence-electron chi connectivity index (χ0n) is 21.0. The van der Waals surface area contributed by atoms with Crippen LogP contribution in [0.1, 0.15) is 41.1 Å². The molecule has 194 valence electrons. The number of hydrogen-bond acceptors (Lipinski definition) is 3. The third-order valence-electron chi connectivity index (χ3n) is 6.80. The molecule has 9 heteroatoms. The first kappa shape index (κ1) is 25.9. The zero-order chi connectivity index (χ0) is 26.8. The second kappa shape index (κ2) is 10.9. The lowest BCUT2D eigenvalue weighted by Crippen LogP contribution is -2.33. The Kier molecular flexibility index (Phi) is 7.44. The van der Waals surface area contributed by atoms with Crippen molar-refractivity contribution in [2.24, 2.45) is 0 Å². The smallest absolute Gasteiger partial charge is 0.226 e. The van der Waals surface area contributed by atoms with E-state index in [1.807, 2.05) is 47.4 Å². The van der Waals surface area contributed by atoms with Gasteiger partial charge in [-0.15, -0.1) is 0 Å². The van der Waals surface area contributed by atoms with E-state index in [-0.39, 0.29) is 30.1 Å². The van der Waals surface area contributed by atoms with E-state index in [1.54, 1.807) is 24.4 Å². The minimum Gasteiger partial charge on any atom is -0.352 e. The summed E-state index contributed by atoms with van der Waals surface area (Å²) in [6.45, 7) is 4.50. The van der Waals surface area contributed by atoms with Gasteiger partial charge in [0.1, 0.15) is 5.82 Å². The predicted molar refractivity (Wildman–Crippen MR) is 152 cm³/mol. The van der Waals surface area contributed by atoms with Crippen LogP contribution in [0.5, 0.6) is 0 Å². The van der Waals surface area contributed by atoms with E-state index in [9.17, 15) is 9.18 Å². The van der Waals surface area contributed by atoms with Crippen LogP contribution in [0.25, 0.3) is 5.69 Å². The first-order valence-corrected chi connectivity index (χ1v) is 13.1. The van der Waals surface area contributed by atoms with E-state index in [1.165, 1.54) is 6.07 Å². The molecule has 0 bridgehead atoms. The number of hydrogen-bond donors (Lipinski definition) is 2. The zero-order valence-corrected chi connectivity index (χ0v) is 22.6. The number of nitrogens with one attached hydrogen (secondary N) is 2. The number of carbonyl (C=O) groups excluding carboxylic acids is 1. The molecule has 1 saturated heterocycles. The Bertz CT molecular complexity index is 1470. The molecule has 38 heavy (non-hydrogen) atoms. The molecule has 1 amide bonds. The number of nitrogens with zero attached hydrogens (tertiary/aromatic N) is 3. The Labute approximate surface area is 231 Å². The van der Waals surface area contributed by atoms with Crippen LogP contribution >= 0.6 is 23.8 Å². The fourth-order valence-electron chi connectivity index (χ4n) is 5.06.